The summed E-state index contributed by atoms with van der Waals surface area (Å²) in [7, 11) is 3.16. The first-order valence-corrected chi connectivity index (χ1v) is 12.4. The summed E-state index contributed by atoms with van der Waals surface area (Å²) in [5.74, 6) is 3.63. The maximum Gasteiger partial charge on any atom is 0.387 e. The van der Waals surface area contributed by atoms with Crippen LogP contribution in [-0.2, 0) is 0 Å². The fraction of sp³-hybridized carbons (Fsp3) is 0.400. The van der Waals surface area contributed by atoms with Gasteiger partial charge in [0.05, 0.1) is 25.5 Å². The fourth-order valence-corrected chi connectivity index (χ4v) is 4.45. The van der Waals surface area contributed by atoms with E-state index in [0.29, 0.717) is 39.4 Å². The smallest absolute Gasteiger partial charge is 0.387 e. The van der Waals surface area contributed by atoms with Crippen molar-refractivity contribution in [2.24, 2.45) is 11.0 Å². The molecule has 1 saturated carbocycles. The summed E-state index contributed by atoms with van der Waals surface area (Å²) < 4.78 is 42.0. The highest BCUT2D eigenvalue weighted by Gasteiger charge is 2.23. The molecule has 1 fully saturated rings. The number of hydrogen-bond acceptors (Lipinski definition) is 7. The molecular weight excluding hydrogens is 474 g/mol. The number of benzene rings is 2. The highest BCUT2D eigenvalue weighted by Crippen LogP contribution is 2.36. The number of hydrogen-bond donors (Lipinski definition) is 0. The normalized spacial score (nSPS) is 14.5. The van der Waals surface area contributed by atoms with Crippen molar-refractivity contribution < 1.29 is 23.0 Å². The Morgan fingerprint density at radius 2 is 1.83 bits per heavy atom. The van der Waals surface area contributed by atoms with Gasteiger partial charge in [-0.3, -0.25) is 0 Å². The van der Waals surface area contributed by atoms with E-state index in [1.165, 1.54) is 37.1 Å². The third kappa shape index (κ3) is 5.93. The number of ether oxygens (including phenoxy) is 3. The zero-order valence-electron chi connectivity index (χ0n) is 20.1. The maximum absolute atomic E-state index is 12.5. The minimum atomic E-state index is -2.86. The van der Waals surface area contributed by atoms with Gasteiger partial charge in [-0.2, -0.15) is 18.6 Å². The Kier molecular flexibility index (Phi) is 7.90. The minimum Gasteiger partial charge on any atom is -0.497 e. The Bertz CT molecular complexity index is 1210. The molecule has 0 radical (unpaired) electrons. The van der Waals surface area contributed by atoms with Crippen LogP contribution >= 0.6 is 11.8 Å². The standard InChI is InChI=1S/C20H18F2N4O3S.C5H10/c1-11-8-12(4-6-16(11)29-19(21)22)15-10-30-20-24-23-18(26(20)25-15)14-9-13(27-2)5-7-17(14)28-3;1-2-5-3-4-5/h4-9,19H,10H2,1-3H3;5H,2-4H2,1H3. The number of rotatable bonds is 7. The quantitative estimate of drug-likeness (QED) is 0.393. The first-order chi connectivity index (χ1) is 16.9. The second-order valence-corrected chi connectivity index (χ2v) is 9.17. The third-order valence-corrected chi connectivity index (χ3v) is 6.75. The Labute approximate surface area is 207 Å². The number of alkyl halides is 2. The Morgan fingerprint density at radius 1 is 1.06 bits per heavy atom. The molecule has 1 aromatic heterocycles. The maximum atomic E-state index is 12.5. The zero-order valence-corrected chi connectivity index (χ0v) is 20.9. The lowest BCUT2D eigenvalue weighted by atomic mass is 10.1. The fourth-order valence-electron chi connectivity index (χ4n) is 3.61. The molecule has 0 unspecified atom stereocenters. The molecule has 0 bridgehead atoms. The van der Waals surface area contributed by atoms with Gasteiger partial charge in [0.25, 0.3) is 0 Å². The monoisotopic (exact) mass is 502 g/mol. The van der Waals surface area contributed by atoms with Gasteiger partial charge in [0.1, 0.15) is 17.2 Å². The van der Waals surface area contributed by atoms with Crippen LogP contribution < -0.4 is 14.2 Å². The minimum absolute atomic E-state index is 0.143. The van der Waals surface area contributed by atoms with Crippen LogP contribution in [0.25, 0.3) is 11.4 Å². The van der Waals surface area contributed by atoms with Crippen LogP contribution in [0.15, 0.2) is 46.7 Å². The predicted octanol–water partition coefficient (Wildman–Crippen LogP) is 6.04. The van der Waals surface area contributed by atoms with Crippen molar-refractivity contribution >= 4 is 17.5 Å². The van der Waals surface area contributed by atoms with E-state index in [0.717, 1.165) is 17.2 Å². The molecule has 0 N–H and O–H groups in total. The molecule has 2 aromatic carbocycles. The number of fused-ring (bicyclic) bond motifs is 1. The van der Waals surface area contributed by atoms with Gasteiger partial charge in [-0.25, -0.2) is 0 Å². The molecule has 0 saturated heterocycles. The molecule has 10 heteroatoms. The number of halogens is 2. The molecule has 0 atom stereocenters. The summed E-state index contributed by atoms with van der Waals surface area (Å²) in [5, 5.41) is 13.9. The van der Waals surface area contributed by atoms with Gasteiger partial charge in [0.2, 0.25) is 5.16 Å². The van der Waals surface area contributed by atoms with Crippen molar-refractivity contribution in [2.45, 2.75) is 44.9 Å². The first kappa shape index (κ1) is 25.0. The Morgan fingerprint density at radius 3 is 2.43 bits per heavy atom. The van der Waals surface area contributed by atoms with Crippen molar-refractivity contribution in [3.05, 3.63) is 47.5 Å². The second kappa shape index (κ2) is 11.1. The summed E-state index contributed by atoms with van der Waals surface area (Å²) in [6.07, 6.45) is 4.44. The largest absolute Gasteiger partial charge is 0.497 e. The molecule has 35 heavy (non-hydrogen) atoms. The van der Waals surface area contributed by atoms with Gasteiger partial charge < -0.3 is 14.2 Å². The molecule has 0 amide bonds. The zero-order chi connectivity index (χ0) is 24.9. The summed E-state index contributed by atoms with van der Waals surface area (Å²) in [6.45, 7) is 1.11. The SMILES string of the molecule is CCC1CC1.COc1ccc(OC)c(-c2nnc3n2N=C(c2ccc(OC(F)F)c(C)c2)CS3)c1. The molecule has 0 spiro atoms. The number of nitrogens with zero attached hydrogens (tertiary/aromatic N) is 4. The van der Waals surface area contributed by atoms with E-state index in [-0.39, 0.29) is 5.75 Å². The summed E-state index contributed by atoms with van der Waals surface area (Å²) >= 11 is 1.49. The molecular formula is C25H28F2N4O3S. The van der Waals surface area contributed by atoms with Crippen LogP contribution in [-0.4, -0.2) is 47.2 Å². The van der Waals surface area contributed by atoms with Crippen LogP contribution in [0, 0.1) is 12.8 Å². The van der Waals surface area contributed by atoms with Crippen molar-refractivity contribution in [2.75, 3.05) is 20.0 Å². The van der Waals surface area contributed by atoms with E-state index < -0.39 is 6.61 Å². The highest BCUT2D eigenvalue weighted by molar-refractivity contribution is 7.99. The van der Waals surface area contributed by atoms with Crippen LogP contribution in [0.3, 0.4) is 0 Å². The van der Waals surface area contributed by atoms with Crippen LogP contribution in [0.4, 0.5) is 8.78 Å². The molecule has 1 aliphatic carbocycles. The van der Waals surface area contributed by atoms with Crippen molar-refractivity contribution in [1.82, 2.24) is 14.9 Å². The van der Waals surface area contributed by atoms with Crippen LogP contribution in [0.2, 0.25) is 0 Å². The highest BCUT2D eigenvalue weighted by atomic mass is 32.2. The van der Waals surface area contributed by atoms with E-state index >= 15 is 0 Å². The van der Waals surface area contributed by atoms with E-state index in [1.807, 2.05) is 6.07 Å². The number of aryl methyl sites for hydroxylation is 1. The molecule has 2 aliphatic rings. The number of aromatic nitrogens is 3. The third-order valence-electron chi connectivity index (χ3n) is 5.82. The van der Waals surface area contributed by atoms with Gasteiger partial charge in [0, 0.05) is 5.75 Å². The molecule has 7 nitrogen and oxygen atoms in total. The van der Waals surface area contributed by atoms with Crippen LogP contribution in [0.1, 0.15) is 37.3 Å². The Hall–Kier alpha value is -3.14. The lowest BCUT2D eigenvalue weighted by Gasteiger charge is -2.16. The molecule has 2 heterocycles. The summed E-state index contributed by atoms with van der Waals surface area (Å²) in [4.78, 5) is 0. The number of methoxy groups -OCH3 is 2. The second-order valence-electron chi connectivity index (χ2n) is 8.23. The first-order valence-electron chi connectivity index (χ1n) is 11.4. The van der Waals surface area contributed by atoms with Gasteiger partial charge >= 0.3 is 6.61 Å². The lowest BCUT2D eigenvalue weighted by Crippen LogP contribution is -2.14. The molecule has 5 rings (SSSR count). The summed E-state index contributed by atoms with van der Waals surface area (Å²) in [5.41, 5.74) is 2.87. The van der Waals surface area contributed by atoms with Gasteiger partial charge in [-0.1, -0.05) is 37.9 Å². The van der Waals surface area contributed by atoms with E-state index in [4.69, 9.17) is 14.6 Å². The number of thioether (sulfide) groups is 1. The van der Waals surface area contributed by atoms with E-state index in [1.54, 1.807) is 50.1 Å². The Balaban J connectivity index is 0.000000514. The van der Waals surface area contributed by atoms with Crippen molar-refractivity contribution in [1.29, 1.82) is 0 Å². The molecule has 3 aromatic rings. The van der Waals surface area contributed by atoms with Crippen molar-refractivity contribution in [3.63, 3.8) is 0 Å². The van der Waals surface area contributed by atoms with E-state index in [9.17, 15) is 8.78 Å². The van der Waals surface area contributed by atoms with E-state index in [2.05, 4.69) is 21.9 Å². The summed E-state index contributed by atoms with van der Waals surface area (Å²) in [6, 6.07) is 10.4. The van der Waals surface area contributed by atoms with Crippen LogP contribution in [0.5, 0.6) is 17.2 Å². The van der Waals surface area contributed by atoms with Gasteiger partial charge in [-0.05, 0) is 60.4 Å². The average Bonchev–Trinajstić information content (AvgIpc) is 3.62. The molecule has 1 aliphatic heterocycles. The lowest BCUT2D eigenvalue weighted by molar-refractivity contribution is -0.0502. The van der Waals surface area contributed by atoms with Gasteiger partial charge in [-0.15, -0.1) is 10.2 Å². The molecule has 186 valence electrons. The predicted molar refractivity (Wildman–Crippen MR) is 132 cm³/mol. The van der Waals surface area contributed by atoms with Gasteiger partial charge in [0.15, 0.2) is 5.82 Å². The topological polar surface area (TPSA) is 70.8 Å². The van der Waals surface area contributed by atoms with Crippen molar-refractivity contribution in [3.8, 4) is 28.6 Å². The average molecular weight is 503 g/mol.